The molecule has 0 aliphatic carbocycles. The Labute approximate surface area is 154 Å². The number of nitrogens with zero attached hydrogens (tertiary/aromatic N) is 4. The second-order valence-electron chi connectivity index (χ2n) is 5.58. The molecule has 1 saturated heterocycles. The van der Waals surface area contributed by atoms with Crippen LogP contribution in [-0.2, 0) is 10.0 Å². The molecule has 4 rings (SSSR count). The highest BCUT2D eigenvalue weighted by Gasteiger charge is 2.29. The lowest BCUT2D eigenvalue weighted by Gasteiger charge is -2.34. The van der Waals surface area contributed by atoms with Gasteiger partial charge in [0.15, 0.2) is 5.82 Å². The maximum Gasteiger partial charge on any atom is 0.252 e. The van der Waals surface area contributed by atoms with Crippen molar-refractivity contribution in [3.05, 3.63) is 47.2 Å². The van der Waals surface area contributed by atoms with Gasteiger partial charge in [0.1, 0.15) is 9.90 Å². The molecule has 0 saturated carbocycles. The Hall–Kier alpha value is -1.81. The Morgan fingerprint density at radius 2 is 1.64 bits per heavy atom. The Morgan fingerprint density at radius 3 is 2.24 bits per heavy atom. The van der Waals surface area contributed by atoms with Gasteiger partial charge in [-0.25, -0.2) is 8.42 Å². The summed E-state index contributed by atoms with van der Waals surface area (Å²) < 4.78 is 27.1. The van der Waals surface area contributed by atoms with Gasteiger partial charge in [0.05, 0.1) is 4.88 Å². The predicted molar refractivity (Wildman–Crippen MR) is 101 cm³/mol. The number of anilines is 1. The molecule has 0 N–H and O–H groups in total. The summed E-state index contributed by atoms with van der Waals surface area (Å²) >= 11 is 2.89. The van der Waals surface area contributed by atoms with Gasteiger partial charge in [-0.05, 0) is 35.0 Å². The summed E-state index contributed by atoms with van der Waals surface area (Å²) in [5.41, 5.74) is 0.859. The maximum atomic E-state index is 12.6. The molecule has 25 heavy (non-hydrogen) atoms. The van der Waals surface area contributed by atoms with Crippen LogP contribution in [0.3, 0.4) is 0 Å². The lowest BCUT2D eigenvalue weighted by Crippen LogP contribution is -2.48. The molecule has 6 nitrogen and oxygen atoms in total. The first kappa shape index (κ1) is 16.6. The van der Waals surface area contributed by atoms with Crippen molar-refractivity contribution in [3.63, 3.8) is 0 Å². The van der Waals surface area contributed by atoms with Crippen LogP contribution in [-0.4, -0.2) is 49.1 Å². The molecular formula is C16H16N4O2S3. The summed E-state index contributed by atoms with van der Waals surface area (Å²) in [6, 6.07) is 11.3. The molecule has 3 aromatic heterocycles. The molecule has 1 aliphatic heterocycles. The zero-order valence-electron chi connectivity index (χ0n) is 13.3. The molecule has 3 aromatic rings. The normalized spacial score (nSPS) is 16.2. The first-order valence-corrected chi connectivity index (χ1v) is 11.0. The van der Waals surface area contributed by atoms with Gasteiger partial charge in [0.25, 0.3) is 10.0 Å². The number of aromatic nitrogens is 2. The third-order valence-corrected chi connectivity index (χ3v) is 8.24. The van der Waals surface area contributed by atoms with E-state index in [0.717, 1.165) is 16.4 Å². The van der Waals surface area contributed by atoms with Crippen molar-refractivity contribution in [3.8, 4) is 10.6 Å². The van der Waals surface area contributed by atoms with E-state index in [2.05, 4.69) is 15.1 Å². The summed E-state index contributed by atoms with van der Waals surface area (Å²) in [6.45, 7) is 2.12. The number of thiophene rings is 2. The fourth-order valence-corrected chi connectivity index (χ4v) is 6.00. The summed E-state index contributed by atoms with van der Waals surface area (Å²) in [6.07, 6.45) is 0. The van der Waals surface area contributed by atoms with E-state index in [1.54, 1.807) is 33.2 Å². The second-order valence-corrected chi connectivity index (χ2v) is 9.64. The molecule has 1 fully saturated rings. The van der Waals surface area contributed by atoms with Crippen molar-refractivity contribution < 1.29 is 8.42 Å². The van der Waals surface area contributed by atoms with Crippen LogP contribution in [0.4, 0.5) is 5.82 Å². The average molecular weight is 393 g/mol. The van der Waals surface area contributed by atoms with E-state index < -0.39 is 10.0 Å². The van der Waals surface area contributed by atoms with Gasteiger partial charge in [0, 0.05) is 26.2 Å². The number of hydrogen-bond donors (Lipinski definition) is 0. The molecule has 0 aromatic carbocycles. The largest absolute Gasteiger partial charge is 0.352 e. The van der Waals surface area contributed by atoms with E-state index >= 15 is 0 Å². The van der Waals surface area contributed by atoms with Crippen LogP contribution in [0.5, 0.6) is 0 Å². The predicted octanol–water partition coefficient (Wildman–Crippen LogP) is 2.78. The van der Waals surface area contributed by atoms with Crippen LogP contribution in [0, 0.1) is 0 Å². The molecule has 4 heterocycles. The van der Waals surface area contributed by atoms with Gasteiger partial charge >= 0.3 is 0 Å². The Morgan fingerprint density at radius 1 is 0.880 bits per heavy atom. The molecule has 9 heteroatoms. The van der Waals surface area contributed by atoms with Crippen LogP contribution < -0.4 is 4.90 Å². The highest BCUT2D eigenvalue weighted by atomic mass is 32.2. The monoisotopic (exact) mass is 392 g/mol. The molecule has 0 radical (unpaired) electrons. The second kappa shape index (κ2) is 6.83. The lowest BCUT2D eigenvalue weighted by molar-refractivity contribution is 0.384. The van der Waals surface area contributed by atoms with Crippen LogP contribution in [0.15, 0.2) is 51.4 Å². The summed E-state index contributed by atoms with van der Waals surface area (Å²) in [5.74, 6) is 0.786. The highest BCUT2D eigenvalue weighted by molar-refractivity contribution is 7.91. The molecule has 0 atom stereocenters. The van der Waals surface area contributed by atoms with E-state index in [0.29, 0.717) is 30.4 Å². The molecule has 130 valence electrons. The van der Waals surface area contributed by atoms with Crippen molar-refractivity contribution in [1.29, 1.82) is 0 Å². The van der Waals surface area contributed by atoms with Crippen molar-refractivity contribution in [2.24, 2.45) is 0 Å². The van der Waals surface area contributed by atoms with Crippen LogP contribution in [0.25, 0.3) is 10.6 Å². The van der Waals surface area contributed by atoms with Crippen LogP contribution in [0.2, 0.25) is 0 Å². The fraction of sp³-hybridized carbons (Fsp3) is 0.250. The first-order valence-electron chi connectivity index (χ1n) is 7.81. The number of piperazine rings is 1. The smallest absolute Gasteiger partial charge is 0.252 e. The Kier molecular flexibility index (Phi) is 4.55. The average Bonchev–Trinajstić information content (AvgIpc) is 3.36. The quantitative estimate of drug-likeness (QED) is 0.683. The summed E-state index contributed by atoms with van der Waals surface area (Å²) in [7, 11) is -3.37. The van der Waals surface area contributed by atoms with Gasteiger partial charge < -0.3 is 4.90 Å². The van der Waals surface area contributed by atoms with E-state index in [1.165, 1.54) is 11.3 Å². The molecule has 0 spiro atoms. The minimum absolute atomic E-state index is 0.404. The standard InChI is InChI=1S/C16H16N4O2S3/c21-25(22,16-4-2-12-24-16)20-9-7-19(8-10-20)15-6-5-13(17-18-15)14-3-1-11-23-14/h1-6,11-12H,7-10H2. The molecule has 0 amide bonds. The van der Waals surface area contributed by atoms with Crippen LogP contribution >= 0.6 is 22.7 Å². The van der Waals surface area contributed by atoms with Crippen molar-refractivity contribution in [2.75, 3.05) is 31.1 Å². The third kappa shape index (κ3) is 3.32. The zero-order chi connectivity index (χ0) is 17.3. The minimum Gasteiger partial charge on any atom is -0.352 e. The topological polar surface area (TPSA) is 66.4 Å². The molecule has 0 unspecified atom stereocenters. The van der Waals surface area contributed by atoms with Crippen molar-refractivity contribution >= 4 is 38.5 Å². The summed E-state index contributed by atoms with van der Waals surface area (Å²) in [5, 5.41) is 12.4. The van der Waals surface area contributed by atoms with E-state index in [1.807, 2.05) is 29.6 Å². The lowest BCUT2D eigenvalue weighted by atomic mass is 10.3. The molecular weight excluding hydrogens is 376 g/mol. The Balaban J connectivity index is 1.44. The van der Waals surface area contributed by atoms with E-state index in [-0.39, 0.29) is 0 Å². The van der Waals surface area contributed by atoms with Gasteiger partial charge in [-0.1, -0.05) is 12.1 Å². The summed E-state index contributed by atoms with van der Waals surface area (Å²) in [4.78, 5) is 3.16. The SMILES string of the molecule is O=S(=O)(c1cccs1)N1CCN(c2ccc(-c3cccs3)nn2)CC1. The van der Waals surface area contributed by atoms with E-state index in [4.69, 9.17) is 0 Å². The van der Waals surface area contributed by atoms with Gasteiger partial charge in [-0.3, -0.25) is 0 Å². The minimum atomic E-state index is -3.37. The van der Waals surface area contributed by atoms with Gasteiger partial charge in [-0.15, -0.1) is 32.9 Å². The third-order valence-electron chi connectivity index (χ3n) is 4.08. The maximum absolute atomic E-state index is 12.6. The van der Waals surface area contributed by atoms with E-state index in [9.17, 15) is 8.42 Å². The molecule has 0 bridgehead atoms. The number of rotatable bonds is 4. The number of sulfonamides is 1. The zero-order valence-corrected chi connectivity index (χ0v) is 15.7. The van der Waals surface area contributed by atoms with Crippen LogP contribution in [0.1, 0.15) is 0 Å². The first-order chi connectivity index (χ1) is 12.1. The number of hydrogen-bond acceptors (Lipinski definition) is 7. The fourth-order valence-electron chi connectivity index (χ4n) is 2.74. The molecule has 1 aliphatic rings. The van der Waals surface area contributed by atoms with Gasteiger partial charge in [0.2, 0.25) is 0 Å². The van der Waals surface area contributed by atoms with Gasteiger partial charge in [-0.2, -0.15) is 4.31 Å². The Bertz CT molecular complexity index is 914. The van der Waals surface area contributed by atoms with Crippen molar-refractivity contribution in [1.82, 2.24) is 14.5 Å². The van der Waals surface area contributed by atoms with Crippen molar-refractivity contribution in [2.45, 2.75) is 4.21 Å². The highest BCUT2D eigenvalue weighted by Crippen LogP contribution is 2.25.